The van der Waals surface area contributed by atoms with E-state index in [0.29, 0.717) is 4.58 Å². The number of amides is 3. The van der Waals surface area contributed by atoms with E-state index in [0.717, 1.165) is 17.4 Å². The van der Waals surface area contributed by atoms with Crippen LogP contribution in [0.4, 0.5) is 14.9 Å². The van der Waals surface area contributed by atoms with Gasteiger partial charge in [0.25, 0.3) is 6.40 Å². The van der Waals surface area contributed by atoms with Crippen molar-refractivity contribution < 1.29 is 23.3 Å². The molecular formula is C14H10Cl5FN3O3+. The van der Waals surface area contributed by atoms with Gasteiger partial charge in [-0.1, -0.05) is 63.1 Å². The Morgan fingerprint density at radius 1 is 1.27 bits per heavy atom. The molecule has 2 atom stereocenters. The predicted molar refractivity (Wildman–Crippen MR) is 99.6 cm³/mol. The molecule has 12 heteroatoms. The van der Waals surface area contributed by atoms with Crippen molar-refractivity contribution >= 4 is 87.9 Å². The van der Waals surface area contributed by atoms with E-state index >= 15 is 0 Å². The monoisotopic (exact) mass is 462 g/mol. The average molecular weight is 465 g/mol. The van der Waals surface area contributed by atoms with E-state index in [4.69, 9.17) is 62.7 Å². The number of carbonyl (C=O) groups is 2. The number of halogens is 6. The zero-order valence-corrected chi connectivity index (χ0v) is 16.7. The van der Waals surface area contributed by atoms with Crippen LogP contribution in [0.25, 0.3) is 0 Å². The van der Waals surface area contributed by atoms with E-state index in [9.17, 15) is 14.0 Å². The highest BCUT2D eigenvalue weighted by Crippen LogP contribution is 2.38. The molecule has 1 aliphatic heterocycles. The van der Waals surface area contributed by atoms with Crippen LogP contribution >= 0.6 is 58.0 Å². The minimum absolute atomic E-state index is 0.222. The van der Waals surface area contributed by atoms with Gasteiger partial charge in [0.15, 0.2) is 11.5 Å². The number of ether oxygens (including phenoxy) is 1. The van der Waals surface area contributed by atoms with Gasteiger partial charge in [-0.15, -0.1) is 16.5 Å². The van der Waals surface area contributed by atoms with Crippen LogP contribution in [0.3, 0.4) is 0 Å². The van der Waals surface area contributed by atoms with Crippen LogP contribution in [0.1, 0.15) is 0 Å². The van der Waals surface area contributed by atoms with Crippen molar-refractivity contribution in [2.24, 2.45) is 4.99 Å². The van der Waals surface area contributed by atoms with Crippen LogP contribution in [-0.2, 0) is 9.53 Å². The van der Waals surface area contributed by atoms with Crippen molar-refractivity contribution in [1.29, 1.82) is 0 Å². The number of urea groups is 1. The zero-order valence-electron chi connectivity index (χ0n) is 12.9. The van der Waals surface area contributed by atoms with Gasteiger partial charge in [0.2, 0.25) is 3.79 Å². The standard InChI is InChI=1S/C14H10Cl5FN3O3/c1-26-6-22-12(24)11(21-10(16)9(15)14(17,18)19)23(13(22)25)8-5-3-2-4-7(8)20/h2-6,9-10H,1H3/q+1. The van der Waals surface area contributed by atoms with Crippen LogP contribution in [0.5, 0.6) is 0 Å². The van der Waals surface area contributed by atoms with Crippen LogP contribution in [0, 0.1) is 5.82 Å². The van der Waals surface area contributed by atoms with Gasteiger partial charge in [-0.05, 0) is 12.1 Å². The van der Waals surface area contributed by atoms with E-state index in [1.54, 1.807) is 0 Å². The minimum Gasteiger partial charge on any atom is -0.471 e. The molecular weight excluding hydrogens is 454 g/mol. The Balaban J connectivity index is 2.57. The van der Waals surface area contributed by atoms with Gasteiger partial charge in [0.1, 0.15) is 10.9 Å². The number of aliphatic imine (C=N–C) groups is 1. The highest BCUT2D eigenvalue weighted by atomic mass is 35.6. The molecule has 0 spiro atoms. The third-order valence-electron chi connectivity index (χ3n) is 3.12. The smallest absolute Gasteiger partial charge is 0.471 e. The number of methoxy groups -OCH3 is 1. The molecule has 1 aromatic carbocycles. The maximum absolute atomic E-state index is 14.2. The van der Waals surface area contributed by atoms with Crippen LogP contribution < -0.4 is 4.90 Å². The Kier molecular flexibility index (Phi) is 6.74. The molecule has 1 aliphatic rings. The summed E-state index contributed by atoms with van der Waals surface area (Å²) < 4.78 is 17.5. The lowest BCUT2D eigenvalue weighted by atomic mass is 10.3. The second-order valence-electron chi connectivity index (χ2n) is 4.85. The van der Waals surface area contributed by atoms with Gasteiger partial charge in [0, 0.05) is 0 Å². The molecule has 6 nitrogen and oxygen atoms in total. The molecule has 0 aliphatic carbocycles. The first-order valence-electron chi connectivity index (χ1n) is 6.80. The Labute approximate surface area is 172 Å². The van der Waals surface area contributed by atoms with Gasteiger partial charge in [-0.2, -0.15) is 4.79 Å². The van der Waals surface area contributed by atoms with Gasteiger partial charge in [0.05, 0.1) is 7.11 Å². The Hall–Kier alpha value is -1.12. The molecule has 0 bridgehead atoms. The maximum Gasteiger partial charge on any atom is 0.515 e. The normalized spacial score (nSPS) is 20.8. The number of hydrogen-bond donors (Lipinski definition) is 0. The first kappa shape index (κ1) is 21.2. The summed E-state index contributed by atoms with van der Waals surface area (Å²) in [5.41, 5.74) is -1.63. The van der Waals surface area contributed by atoms with E-state index < -0.39 is 38.3 Å². The number of benzene rings is 1. The Morgan fingerprint density at radius 3 is 2.42 bits per heavy atom. The number of hydrogen-bond acceptors (Lipinski definition) is 4. The van der Waals surface area contributed by atoms with Crippen LogP contribution in [0.2, 0.25) is 0 Å². The van der Waals surface area contributed by atoms with Gasteiger partial charge in [-0.3, -0.25) is 0 Å². The van der Waals surface area contributed by atoms with Crippen molar-refractivity contribution in [3.63, 3.8) is 0 Å². The fraction of sp³-hybridized carbons (Fsp3) is 0.286. The molecule has 0 saturated carbocycles. The lowest BCUT2D eigenvalue weighted by Gasteiger charge is -2.20. The van der Waals surface area contributed by atoms with Gasteiger partial charge >= 0.3 is 17.8 Å². The number of imide groups is 1. The van der Waals surface area contributed by atoms with Crippen molar-refractivity contribution in [2.75, 3.05) is 12.0 Å². The summed E-state index contributed by atoms with van der Waals surface area (Å²) in [5, 5.41) is -1.34. The zero-order chi connectivity index (χ0) is 19.6. The second kappa shape index (κ2) is 8.27. The Bertz CT molecular complexity index is 796. The van der Waals surface area contributed by atoms with Crippen molar-refractivity contribution in [2.45, 2.75) is 14.7 Å². The predicted octanol–water partition coefficient (Wildman–Crippen LogP) is 3.92. The second-order valence-corrected chi connectivity index (χ2v) is 8.14. The van der Waals surface area contributed by atoms with Crippen molar-refractivity contribution in [3.05, 3.63) is 30.1 Å². The summed E-state index contributed by atoms with van der Waals surface area (Å²) in [6.45, 7) is 0. The van der Waals surface area contributed by atoms with E-state index in [1.165, 1.54) is 25.3 Å². The molecule has 2 unspecified atom stereocenters. The average Bonchev–Trinajstić information content (AvgIpc) is 2.79. The third-order valence-corrected chi connectivity index (χ3v) is 5.21. The number of rotatable bonds is 4. The minimum atomic E-state index is -2.00. The van der Waals surface area contributed by atoms with Gasteiger partial charge in [-0.25, -0.2) is 14.2 Å². The molecule has 1 heterocycles. The van der Waals surface area contributed by atoms with Crippen LogP contribution in [-0.4, -0.2) is 50.5 Å². The first-order chi connectivity index (χ1) is 12.1. The topological polar surface area (TPSA) is 62.0 Å². The highest BCUT2D eigenvalue weighted by Gasteiger charge is 2.53. The summed E-state index contributed by atoms with van der Waals surface area (Å²) in [4.78, 5) is 29.6. The summed E-state index contributed by atoms with van der Waals surface area (Å²) >= 11 is 28.9. The highest BCUT2D eigenvalue weighted by molar-refractivity contribution is 6.70. The lowest BCUT2D eigenvalue weighted by molar-refractivity contribution is -0.345. The van der Waals surface area contributed by atoms with Crippen molar-refractivity contribution in [1.82, 2.24) is 0 Å². The fourth-order valence-corrected chi connectivity index (χ4v) is 2.88. The molecule has 1 fully saturated rings. The Morgan fingerprint density at radius 2 is 1.88 bits per heavy atom. The van der Waals surface area contributed by atoms with Crippen molar-refractivity contribution in [3.8, 4) is 0 Å². The molecule has 140 valence electrons. The maximum atomic E-state index is 14.2. The lowest BCUT2D eigenvalue weighted by Crippen LogP contribution is -2.35. The van der Waals surface area contributed by atoms with E-state index in [2.05, 4.69) is 4.99 Å². The molecule has 26 heavy (non-hydrogen) atoms. The number of anilines is 1. The summed E-state index contributed by atoms with van der Waals surface area (Å²) in [6.07, 6.45) is 0.845. The van der Waals surface area contributed by atoms with E-state index in [1.807, 2.05) is 0 Å². The van der Waals surface area contributed by atoms with Gasteiger partial charge < -0.3 is 4.74 Å². The molecule has 3 amide bonds. The third kappa shape index (κ3) is 4.23. The molecule has 0 radical (unpaired) electrons. The molecule has 1 aromatic rings. The molecule has 2 rings (SSSR count). The molecule has 0 N–H and O–H groups in total. The van der Waals surface area contributed by atoms with Crippen LogP contribution in [0.15, 0.2) is 29.3 Å². The summed E-state index contributed by atoms with van der Waals surface area (Å²) in [7, 11) is 1.23. The first-order valence-corrected chi connectivity index (χ1v) is 8.81. The number of alkyl halides is 5. The number of amidine groups is 1. The summed E-state index contributed by atoms with van der Waals surface area (Å²) in [5.74, 6) is -2.19. The number of carbonyl (C=O) groups excluding carboxylic acids is 2. The fourth-order valence-electron chi connectivity index (χ4n) is 1.99. The quantitative estimate of drug-likeness (QED) is 0.223. The SMILES string of the molecule is COC=[N+]1C(=O)C(=NC(Cl)C(Cl)C(Cl)(Cl)Cl)N(c2ccccc2F)C1=O. The number of para-hydroxylation sites is 1. The number of nitrogens with zero attached hydrogens (tertiary/aromatic N) is 3. The molecule has 0 aromatic heterocycles. The van der Waals surface area contributed by atoms with E-state index in [-0.39, 0.29) is 5.69 Å². The molecule has 1 saturated heterocycles. The largest absolute Gasteiger partial charge is 0.515 e. The summed E-state index contributed by atoms with van der Waals surface area (Å²) in [6, 6.07) is 4.35.